The molecule has 0 aromatic heterocycles. The predicted octanol–water partition coefficient (Wildman–Crippen LogP) is 7.49. The van der Waals surface area contributed by atoms with E-state index in [0.29, 0.717) is 26.1 Å². The van der Waals surface area contributed by atoms with Crippen LogP contribution in [0.1, 0.15) is 10.4 Å². The van der Waals surface area contributed by atoms with E-state index in [9.17, 15) is 9.90 Å². The molecule has 0 aliphatic rings. The number of halogens is 4. The molecule has 0 radical (unpaired) electrons. The zero-order valence-electron chi connectivity index (χ0n) is 13.5. The number of hydrogen-bond donors (Lipinski definition) is 2. The van der Waals surface area contributed by atoms with Crippen molar-refractivity contribution in [3.63, 3.8) is 0 Å². The number of carbonyl (C=O) groups is 1. The fourth-order valence-corrected chi connectivity index (χ4v) is 4.10. The highest BCUT2D eigenvalue weighted by atomic mass is 79.9. The Morgan fingerprint density at radius 2 is 1.52 bits per heavy atom. The summed E-state index contributed by atoms with van der Waals surface area (Å²) >= 11 is 13.3. The van der Waals surface area contributed by atoms with Crippen molar-refractivity contribution in [3.8, 4) is 17.2 Å². The molecule has 0 bridgehead atoms. The standard InChI is InChI=1S/C19H11Br4NO3/c20-10-1-4-13(5-2-10)27-17-6-3-11(21)9-16(17)24-19(26)14-7-12(22)8-15(23)18(14)25/h1-9,25H,(H,24,26). The van der Waals surface area contributed by atoms with Crippen molar-refractivity contribution in [1.29, 1.82) is 0 Å². The minimum Gasteiger partial charge on any atom is -0.506 e. The molecule has 2 N–H and O–H groups in total. The van der Waals surface area contributed by atoms with Gasteiger partial charge in [0.15, 0.2) is 5.75 Å². The van der Waals surface area contributed by atoms with E-state index in [1.54, 1.807) is 24.3 Å². The minimum absolute atomic E-state index is 0.130. The maximum Gasteiger partial charge on any atom is 0.259 e. The van der Waals surface area contributed by atoms with Gasteiger partial charge in [-0.1, -0.05) is 47.8 Å². The average molecular weight is 621 g/mol. The summed E-state index contributed by atoms with van der Waals surface area (Å²) in [7, 11) is 0. The largest absolute Gasteiger partial charge is 0.506 e. The number of phenols is 1. The average Bonchev–Trinajstić information content (AvgIpc) is 2.62. The van der Waals surface area contributed by atoms with Crippen molar-refractivity contribution in [2.75, 3.05) is 5.32 Å². The number of ether oxygens (including phenoxy) is 1. The number of amides is 1. The lowest BCUT2D eigenvalue weighted by Gasteiger charge is -2.14. The first-order valence-electron chi connectivity index (χ1n) is 7.56. The van der Waals surface area contributed by atoms with Gasteiger partial charge in [-0.3, -0.25) is 4.79 Å². The highest BCUT2D eigenvalue weighted by Gasteiger charge is 2.17. The number of rotatable bonds is 4. The van der Waals surface area contributed by atoms with Gasteiger partial charge >= 0.3 is 0 Å². The third kappa shape index (κ3) is 5.13. The summed E-state index contributed by atoms with van der Waals surface area (Å²) in [6, 6.07) is 15.9. The van der Waals surface area contributed by atoms with E-state index >= 15 is 0 Å². The molecule has 8 heteroatoms. The second-order valence-electron chi connectivity index (χ2n) is 5.43. The zero-order valence-corrected chi connectivity index (χ0v) is 19.8. The predicted molar refractivity (Wildman–Crippen MR) is 120 cm³/mol. The quantitative estimate of drug-likeness (QED) is 0.318. The maximum atomic E-state index is 12.7. The zero-order chi connectivity index (χ0) is 19.6. The number of anilines is 1. The van der Waals surface area contributed by atoms with E-state index in [1.807, 2.05) is 30.3 Å². The van der Waals surface area contributed by atoms with Gasteiger partial charge in [0.25, 0.3) is 5.91 Å². The molecule has 0 aliphatic heterocycles. The van der Waals surface area contributed by atoms with Crippen molar-refractivity contribution in [3.05, 3.63) is 78.1 Å². The van der Waals surface area contributed by atoms with Crippen molar-refractivity contribution in [2.45, 2.75) is 0 Å². The number of benzene rings is 3. The van der Waals surface area contributed by atoms with Crippen molar-refractivity contribution in [2.24, 2.45) is 0 Å². The van der Waals surface area contributed by atoms with Gasteiger partial charge in [0.1, 0.15) is 11.5 Å². The minimum atomic E-state index is -0.465. The molecule has 27 heavy (non-hydrogen) atoms. The second kappa shape index (κ2) is 8.77. The Labute approximate surface area is 189 Å². The van der Waals surface area contributed by atoms with Crippen LogP contribution in [0.15, 0.2) is 72.5 Å². The van der Waals surface area contributed by atoms with Crippen LogP contribution in [0.25, 0.3) is 0 Å². The Hall–Kier alpha value is -1.35. The van der Waals surface area contributed by atoms with E-state index < -0.39 is 5.91 Å². The normalized spacial score (nSPS) is 10.5. The van der Waals surface area contributed by atoms with E-state index in [4.69, 9.17) is 4.74 Å². The van der Waals surface area contributed by atoms with Crippen LogP contribution in [0.2, 0.25) is 0 Å². The van der Waals surface area contributed by atoms with Crippen LogP contribution < -0.4 is 10.1 Å². The fourth-order valence-electron chi connectivity index (χ4n) is 2.25. The first kappa shape index (κ1) is 20.4. The highest BCUT2D eigenvalue weighted by Crippen LogP contribution is 2.35. The number of phenolic OH excluding ortho intramolecular Hbond substituents is 1. The van der Waals surface area contributed by atoms with Gasteiger partial charge in [0, 0.05) is 13.4 Å². The van der Waals surface area contributed by atoms with E-state index in [-0.39, 0.29) is 11.3 Å². The lowest BCUT2D eigenvalue weighted by Crippen LogP contribution is -2.13. The summed E-state index contributed by atoms with van der Waals surface area (Å²) < 4.78 is 8.70. The summed E-state index contributed by atoms with van der Waals surface area (Å²) in [4.78, 5) is 12.7. The molecule has 3 rings (SSSR count). The third-order valence-corrected chi connectivity index (χ3v) is 5.59. The van der Waals surface area contributed by atoms with Crippen LogP contribution in [0.3, 0.4) is 0 Å². The molecule has 3 aromatic rings. The van der Waals surface area contributed by atoms with Crippen LogP contribution in [-0.4, -0.2) is 11.0 Å². The fraction of sp³-hybridized carbons (Fsp3) is 0. The van der Waals surface area contributed by atoms with Crippen LogP contribution in [0.5, 0.6) is 17.2 Å². The number of aromatic hydroxyl groups is 1. The van der Waals surface area contributed by atoms with Crippen LogP contribution in [-0.2, 0) is 0 Å². The SMILES string of the molecule is O=C(Nc1cc(Br)ccc1Oc1ccc(Br)cc1)c1cc(Br)cc(Br)c1O. The second-order valence-corrected chi connectivity index (χ2v) is 9.04. The summed E-state index contributed by atoms with van der Waals surface area (Å²) in [6.45, 7) is 0. The molecule has 0 spiro atoms. The van der Waals surface area contributed by atoms with Gasteiger partial charge in [-0.2, -0.15) is 0 Å². The smallest absolute Gasteiger partial charge is 0.259 e. The van der Waals surface area contributed by atoms with Crippen LogP contribution >= 0.6 is 63.7 Å². The molecular formula is C19H11Br4NO3. The summed E-state index contributed by atoms with van der Waals surface area (Å²) in [5.41, 5.74) is 0.596. The van der Waals surface area contributed by atoms with Crippen LogP contribution in [0.4, 0.5) is 5.69 Å². The Morgan fingerprint density at radius 3 is 2.22 bits per heavy atom. The summed E-state index contributed by atoms with van der Waals surface area (Å²) in [5.74, 6) is 0.501. The van der Waals surface area contributed by atoms with Crippen molar-refractivity contribution in [1.82, 2.24) is 0 Å². The molecule has 0 heterocycles. The lowest BCUT2D eigenvalue weighted by atomic mass is 10.2. The summed E-state index contributed by atoms with van der Waals surface area (Å²) in [6.07, 6.45) is 0. The molecule has 0 fully saturated rings. The maximum absolute atomic E-state index is 12.7. The van der Waals surface area contributed by atoms with E-state index in [1.165, 1.54) is 0 Å². The lowest BCUT2D eigenvalue weighted by molar-refractivity contribution is 0.102. The molecule has 0 atom stereocenters. The monoisotopic (exact) mass is 617 g/mol. The van der Waals surface area contributed by atoms with Gasteiger partial charge in [-0.05, 0) is 70.5 Å². The van der Waals surface area contributed by atoms with Gasteiger partial charge in [0.05, 0.1) is 15.7 Å². The summed E-state index contributed by atoms with van der Waals surface area (Å²) in [5, 5.41) is 13.0. The molecule has 0 saturated carbocycles. The number of carbonyl (C=O) groups excluding carboxylic acids is 1. The first-order chi connectivity index (χ1) is 12.8. The van der Waals surface area contributed by atoms with Gasteiger partial charge < -0.3 is 15.2 Å². The van der Waals surface area contributed by atoms with E-state index in [2.05, 4.69) is 69.0 Å². The van der Waals surface area contributed by atoms with Crippen molar-refractivity contribution >= 4 is 75.3 Å². The Balaban J connectivity index is 1.91. The van der Waals surface area contributed by atoms with Gasteiger partial charge in [-0.15, -0.1) is 0 Å². The first-order valence-corrected chi connectivity index (χ1v) is 10.7. The molecule has 0 saturated heterocycles. The molecule has 3 aromatic carbocycles. The van der Waals surface area contributed by atoms with Gasteiger partial charge in [0.2, 0.25) is 0 Å². The molecule has 138 valence electrons. The Bertz CT molecular complexity index is 1010. The number of nitrogens with one attached hydrogen (secondary N) is 1. The topological polar surface area (TPSA) is 58.6 Å². The Morgan fingerprint density at radius 1 is 0.852 bits per heavy atom. The van der Waals surface area contributed by atoms with Gasteiger partial charge in [-0.25, -0.2) is 0 Å². The molecule has 4 nitrogen and oxygen atoms in total. The number of hydrogen-bond acceptors (Lipinski definition) is 3. The van der Waals surface area contributed by atoms with Crippen LogP contribution in [0, 0.1) is 0 Å². The van der Waals surface area contributed by atoms with E-state index in [0.717, 1.165) is 8.95 Å². The molecule has 0 aliphatic carbocycles. The highest BCUT2D eigenvalue weighted by molar-refractivity contribution is 9.11. The van der Waals surface area contributed by atoms with Crippen molar-refractivity contribution < 1.29 is 14.6 Å². The molecule has 1 amide bonds. The third-order valence-electron chi connectivity index (χ3n) is 3.50. The molecular weight excluding hydrogens is 610 g/mol. The Kier molecular flexibility index (Phi) is 6.62. The molecule has 0 unspecified atom stereocenters.